The van der Waals surface area contributed by atoms with Gasteiger partial charge in [0.05, 0.1) is 5.41 Å². The van der Waals surface area contributed by atoms with Crippen molar-refractivity contribution in [3.63, 3.8) is 0 Å². The van der Waals surface area contributed by atoms with E-state index in [9.17, 15) is 9.59 Å². The normalized spacial score (nSPS) is 18.2. The van der Waals surface area contributed by atoms with E-state index in [4.69, 9.17) is 4.84 Å². The number of ketones is 1. The van der Waals surface area contributed by atoms with E-state index < -0.39 is 5.41 Å². The molecule has 1 aliphatic rings. The first-order valence-electron chi connectivity index (χ1n) is 7.06. The third kappa shape index (κ3) is 5.33. The number of hydroxylamine groups is 2. The molecule has 20 heavy (non-hydrogen) atoms. The maximum absolute atomic E-state index is 12.0. The van der Waals surface area contributed by atoms with Crippen LogP contribution in [0.1, 0.15) is 33.6 Å². The molecule has 1 fully saturated rings. The molecule has 0 radical (unpaired) electrons. The second-order valence-corrected chi connectivity index (χ2v) is 6.51. The van der Waals surface area contributed by atoms with E-state index in [1.807, 2.05) is 39.8 Å². The first-order valence-corrected chi connectivity index (χ1v) is 7.06. The van der Waals surface area contributed by atoms with E-state index in [-0.39, 0.29) is 17.7 Å². The number of rotatable bonds is 4. The minimum absolute atomic E-state index is 0.0378. The van der Waals surface area contributed by atoms with Gasteiger partial charge in [0.2, 0.25) is 0 Å². The molecule has 0 unspecified atom stereocenters. The predicted molar refractivity (Wildman–Crippen MR) is 77.7 cm³/mol. The molecule has 1 saturated heterocycles. The van der Waals surface area contributed by atoms with Crippen molar-refractivity contribution < 1.29 is 14.4 Å². The molecular formula is C15H26N2O3. The van der Waals surface area contributed by atoms with Gasteiger partial charge >= 0.3 is 5.97 Å². The van der Waals surface area contributed by atoms with E-state index in [1.165, 1.54) is 0 Å². The maximum Gasteiger partial charge on any atom is 0.330 e. The number of allylic oxidation sites excluding steroid dienone is 1. The quantitative estimate of drug-likeness (QED) is 0.737. The van der Waals surface area contributed by atoms with Gasteiger partial charge < -0.3 is 9.74 Å². The average Bonchev–Trinajstić information content (AvgIpc) is 2.35. The molecule has 114 valence electrons. The Bertz CT molecular complexity index is 375. The van der Waals surface area contributed by atoms with E-state index in [0.29, 0.717) is 13.1 Å². The Kier molecular flexibility index (Phi) is 5.74. The van der Waals surface area contributed by atoms with Crippen molar-refractivity contribution >= 4 is 11.8 Å². The zero-order valence-corrected chi connectivity index (χ0v) is 13.2. The highest BCUT2D eigenvalue weighted by Crippen LogP contribution is 2.22. The molecular weight excluding hydrogens is 256 g/mol. The van der Waals surface area contributed by atoms with Gasteiger partial charge in [-0.1, -0.05) is 0 Å². The Morgan fingerprint density at radius 2 is 1.75 bits per heavy atom. The Labute approximate surface area is 121 Å². The summed E-state index contributed by atoms with van der Waals surface area (Å²) < 4.78 is 0. The fraction of sp³-hybridized carbons (Fsp3) is 0.733. The van der Waals surface area contributed by atoms with Crippen LogP contribution in [0.2, 0.25) is 0 Å². The fourth-order valence-electron chi connectivity index (χ4n) is 1.84. The molecule has 5 nitrogen and oxygen atoms in total. The second kappa shape index (κ2) is 6.88. The number of carbonyl (C=O) groups excluding carboxylic acids is 2. The van der Waals surface area contributed by atoms with Gasteiger partial charge in [0.1, 0.15) is 0 Å². The SMILES string of the molecule is CN(C)/C=C/C(=O)C1CCN(OC(=O)C(C)(C)C)CC1. The Hall–Kier alpha value is -1.36. The van der Waals surface area contributed by atoms with Gasteiger partial charge in [-0.05, 0) is 39.7 Å². The van der Waals surface area contributed by atoms with Gasteiger partial charge in [-0.2, -0.15) is 0 Å². The van der Waals surface area contributed by atoms with Crippen molar-refractivity contribution in [2.75, 3.05) is 27.2 Å². The van der Waals surface area contributed by atoms with Crippen molar-refractivity contribution in [2.24, 2.45) is 11.3 Å². The summed E-state index contributed by atoms with van der Waals surface area (Å²) in [5.74, 6) is -0.0360. The molecule has 0 atom stereocenters. The Morgan fingerprint density at radius 3 is 2.20 bits per heavy atom. The molecule has 0 aliphatic carbocycles. The van der Waals surface area contributed by atoms with Crippen LogP contribution in [-0.2, 0) is 14.4 Å². The highest BCUT2D eigenvalue weighted by atomic mass is 16.7. The lowest BCUT2D eigenvalue weighted by Crippen LogP contribution is -2.40. The lowest BCUT2D eigenvalue weighted by atomic mass is 9.93. The fourth-order valence-corrected chi connectivity index (χ4v) is 1.84. The van der Waals surface area contributed by atoms with Crippen LogP contribution >= 0.6 is 0 Å². The van der Waals surface area contributed by atoms with Gasteiger partial charge in [-0.25, -0.2) is 4.79 Å². The van der Waals surface area contributed by atoms with Crippen molar-refractivity contribution in [1.82, 2.24) is 9.96 Å². The second-order valence-electron chi connectivity index (χ2n) is 6.51. The molecule has 1 aliphatic heterocycles. The largest absolute Gasteiger partial charge is 0.383 e. The monoisotopic (exact) mass is 282 g/mol. The summed E-state index contributed by atoms with van der Waals surface area (Å²) in [7, 11) is 3.77. The lowest BCUT2D eigenvalue weighted by Gasteiger charge is -2.31. The predicted octanol–water partition coefficient (Wildman–Crippen LogP) is 1.85. The first-order chi connectivity index (χ1) is 9.20. The van der Waals surface area contributed by atoms with Gasteiger partial charge in [0, 0.05) is 39.3 Å². The molecule has 0 spiro atoms. The zero-order valence-electron chi connectivity index (χ0n) is 13.2. The van der Waals surface area contributed by atoms with Crippen molar-refractivity contribution in [3.05, 3.63) is 12.3 Å². The summed E-state index contributed by atoms with van der Waals surface area (Å²) in [4.78, 5) is 30.9. The summed E-state index contributed by atoms with van der Waals surface area (Å²) in [6.45, 7) is 6.73. The van der Waals surface area contributed by atoms with Crippen molar-refractivity contribution in [3.8, 4) is 0 Å². The van der Waals surface area contributed by atoms with E-state index >= 15 is 0 Å². The number of hydrogen-bond acceptors (Lipinski definition) is 5. The number of piperidine rings is 1. The minimum atomic E-state index is -0.499. The van der Waals surface area contributed by atoms with Gasteiger partial charge in [0.15, 0.2) is 5.78 Å². The Balaban J connectivity index is 2.40. The smallest absolute Gasteiger partial charge is 0.330 e. The zero-order chi connectivity index (χ0) is 15.3. The maximum atomic E-state index is 12.0. The summed E-state index contributed by atoms with van der Waals surface area (Å²) >= 11 is 0. The standard InChI is InChI=1S/C15H26N2O3/c1-15(2,3)14(19)20-17-10-6-12(7-11-17)13(18)8-9-16(4)5/h8-9,12H,6-7,10-11H2,1-5H3/b9-8+. The van der Waals surface area contributed by atoms with Crippen LogP contribution in [0.3, 0.4) is 0 Å². The van der Waals surface area contributed by atoms with Crippen LogP contribution in [0.25, 0.3) is 0 Å². The number of carbonyl (C=O) groups is 2. The molecule has 0 aromatic carbocycles. The van der Waals surface area contributed by atoms with Crippen LogP contribution in [0, 0.1) is 11.3 Å². The molecule has 0 N–H and O–H groups in total. The third-order valence-electron chi connectivity index (χ3n) is 3.22. The molecule has 0 bridgehead atoms. The van der Waals surface area contributed by atoms with Crippen LogP contribution in [-0.4, -0.2) is 48.9 Å². The van der Waals surface area contributed by atoms with Crippen molar-refractivity contribution in [2.45, 2.75) is 33.6 Å². The summed E-state index contributed by atoms with van der Waals surface area (Å²) in [6.07, 6.45) is 4.86. The van der Waals surface area contributed by atoms with Crippen LogP contribution < -0.4 is 0 Å². The van der Waals surface area contributed by atoms with Crippen molar-refractivity contribution in [1.29, 1.82) is 0 Å². The average molecular weight is 282 g/mol. The van der Waals surface area contributed by atoms with Gasteiger partial charge in [0.25, 0.3) is 0 Å². The highest BCUT2D eigenvalue weighted by Gasteiger charge is 2.29. The lowest BCUT2D eigenvalue weighted by molar-refractivity contribution is -0.205. The Morgan fingerprint density at radius 1 is 1.20 bits per heavy atom. The molecule has 0 aromatic heterocycles. The summed E-state index contributed by atoms with van der Waals surface area (Å²) in [5.41, 5.74) is -0.499. The third-order valence-corrected chi connectivity index (χ3v) is 3.22. The van der Waals surface area contributed by atoms with E-state index in [0.717, 1.165) is 12.8 Å². The molecule has 1 heterocycles. The summed E-state index contributed by atoms with van der Waals surface area (Å²) in [6, 6.07) is 0. The molecule has 0 aromatic rings. The van der Waals surface area contributed by atoms with Gasteiger partial charge in [-0.15, -0.1) is 5.06 Å². The highest BCUT2D eigenvalue weighted by molar-refractivity contribution is 5.91. The molecule has 1 rings (SSSR count). The van der Waals surface area contributed by atoms with Crippen LogP contribution in [0.15, 0.2) is 12.3 Å². The molecule has 0 saturated carbocycles. The van der Waals surface area contributed by atoms with E-state index in [1.54, 1.807) is 17.3 Å². The molecule has 0 amide bonds. The van der Waals surface area contributed by atoms with Gasteiger partial charge in [-0.3, -0.25) is 4.79 Å². The number of nitrogens with zero attached hydrogens (tertiary/aromatic N) is 2. The molecule has 5 heteroatoms. The first kappa shape index (κ1) is 16.7. The summed E-state index contributed by atoms with van der Waals surface area (Å²) in [5, 5.41) is 1.67. The van der Waals surface area contributed by atoms with Crippen LogP contribution in [0.4, 0.5) is 0 Å². The number of hydrogen-bond donors (Lipinski definition) is 0. The van der Waals surface area contributed by atoms with E-state index in [2.05, 4.69) is 0 Å². The van der Waals surface area contributed by atoms with Crippen LogP contribution in [0.5, 0.6) is 0 Å². The topological polar surface area (TPSA) is 49.9 Å². The minimum Gasteiger partial charge on any atom is -0.383 e.